The van der Waals surface area contributed by atoms with Gasteiger partial charge in [0.1, 0.15) is 18.2 Å². The molecule has 2 heterocycles. The largest absolute Gasteiger partial charge is 0.489 e. The Bertz CT molecular complexity index is 1800. The van der Waals surface area contributed by atoms with Gasteiger partial charge in [-0.3, -0.25) is 9.36 Å². The van der Waals surface area contributed by atoms with Gasteiger partial charge in [0.15, 0.2) is 4.80 Å². The number of rotatable bonds is 7. The van der Waals surface area contributed by atoms with Gasteiger partial charge in [0.05, 0.1) is 38.5 Å². The number of benzene rings is 3. The van der Waals surface area contributed by atoms with Crippen molar-refractivity contribution >= 4 is 46.6 Å². The zero-order valence-corrected chi connectivity index (χ0v) is 23.8. The van der Waals surface area contributed by atoms with E-state index >= 15 is 0 Å². The number of hydrogen-bond donors (Lipinski definition) is 0. The van der Waals surface area contributed by atoms with Gasteiger partial charge >= 0.3 is 5.97 Å². The molecule has 0 amide bonds. The van der Waals surface area contributed by atoms with Crippen molar-refractivity contribution in [1.29, 1.82) is 0 Å². The summed E-state index contributed by atoms with van der Waals surface area (Å²) in [5, 5.41) is 0.946. The van der Waals surface area contributed by atoms with Gasteiger partial charge in [-0.05, 0) is 73.0 Å². The highest BCUT2D eigenvalue weighted by Gasteiger charge is 2.33. The second-order valence-corrected chi connectivity index (χ2v) is 10.8. The zero-order valence-electron chi connectivity index (χ0n) is 21.5. The van der Waals surface area contributed by atoms with Crippen molar-refractivity contribution in [2.24, 2.45) is 4.99 Å². The fourth-order valence-electron chi connectivity index (χ4n) is 4.36. The zero-order chi connectivity index (χ0) is 28.4. The Hall–Kier alpha value is -3.72. The van der Waals surface area contributed by atoms with E-state index in [0.29, 0.717) is 43.0 Å². The minimum atomic E-state index is -0.796. The summed E-state index contributed by atoms with van der Waals surface area (Å²) in [5.41, 5.74) is 2.63. The van der Waals surface area contributed by atoms with Crippen LogP contribution >= 0.6 is 34.5 Å². The van der Waals surface area contributed by atoms with Gasteiger partial charge in [0.25, 0.3) is 5.56 Å². The molecule has 5 rings (SSSR count). The molecule has 0 unspecified atom stereocenters. The number of hydrogen-bond acceptors (Lipinski definition) is 6. The Kier molecular flexibility index (Phi) is 8.21. The molecule has 0 aliphatic carbocycles. The molecule has 0 radical (unpaired) electrons. The summed E-state index contributed by atoms with van der Waals surface area (Å²) in [7, 11) is 0. The van der Waals surface area contributed by atoms with Crippen molar-refractivity contribution < 1.29 is 18.7 Å². The van der Waals surface area contributed by atoms with E-state index in [1.807, 2.05) is 30.3 Å². The van der Waals surface area contributed by atoms with Crippen LogP contribution in [0.2, 0.25) is 10.0 Å². The second kappa shape index (κ2) is 11.8. The van der Waals surface area contributed by atoms with Crippen molar-refractivity contribution in [2.45, 2.75) is 26.5 Å². The molecule has 6 nitrogen and oxygen atoms in total. The lowest BCUT2D eigenvalue weighted by Gasteiger charge is -2.24. The number of aromatic nitrogens is 1. The summed E-state index contributed by atoms with van der Waals surface area (Å²) in [6.07, 6.45) is 1.76. The van der Waals surface area contributed by atoms with Gasteiger partial charge in [0.2, 0.25) is 0 Å². The number of ether oxygens (including phenoxy) is 2. The normalized spacial score (nSPS) is 15.0. The Morgan fingerprint density at radius 3 is 2.48 bits per heavy atom. The number of halogens is 3. The molecule has 1 aliphatic rings. The second-order valence-electron chi connectivity index (χ2n) is 8.96. The average Bonchev–Trinajstić information content (AvgIpc) is 3.24. The summed E-state index contributed by atoms with van der Waals surface area (Å²) >= 11 is 13.3. The molecule has 3 aromatic carbocycles. The molecule has 4 aromatic rings. The Balaban J connectivity index is 1.47. The number of carbonyl (C=O) groups excluding carboxylic acids is 1. The molecule has 0 saturated carbocycles. The van der Waals surface area contributed by atoms with Crippen molar-refractivity contribution in [3.63, 3.8) is 0 Å². The number of carbonyl (C=O) groups is 1. The predicted octanol–water partition coefficient (Wildman–Crippen LogP) is 5.82. The summed E-state index contributed by atoms with van der Waals surface area (Å²) in [6.45, 7) is 3.90. The first-order chi connectivity index (χ1) is 19.2. The smallest absolute Gasteiger partial charge is 0.338 e. The summed E-state index contributed by atoms with van der Waals surface area (Å²) < 4.78 is 26.7. The Morgan fingerprint density at radius 1 is 1.07 bits per heavy atom. The third-order valence-electron chi connectivity index (χ3n) is 6.27. The summed E-state index contributed by atoms with van der Waals surface area (Å²) in [6, 6.07) is 17.6. The van der Waals surface area contributed by atoms with Crippen LogP contribution in [0.1, 0.15) is 36.6 Å². The van der Waals surface area contributed by atoms with Crippen molar-refractivity contribution in [1.82, 2.24) is 4.57 Å². The van der Waals surface area contributed by atoms with Crippen LogP contribution in [0, 0.1) is 5.82 Å². The van der Waals surface area contributed by atoms with E-state index in [4.69, 9.17) is 32.7 Å². The molecule has 1 aliphatic heterocycles. The fourth-order valence-corrected chi connectivity index (χ4v) is 5.73. The van der Waals surface area contributed by atoms with Gasteiger partial charge in [0, 0.05) is 0 Å². The van der Waals surface area contributed by atoms with Crippen LogP contribution in [0.25, 0.3) is 6.08 Å². The molecule has 0 saturated heterocycles. The van der Waals surface area contributed by atoms with Crippen molar-refractivity contribution in [2.75, 3.05) is 6.61 Å². The van der Waals surface area contributed by atoms with E-state index in [9.17, 15) is 14.0 Å². The average molecular weight is 597 g/mol. The van der Waals surface area contributed by atoms with E-state index in [0.717, 1.165) is 11.1 Å². The predicted molar refractivity (Wildman–Crippen MR) is 154 cm³/mol. The maximum Gasteiger partial charge on any atom is 0.338 e. The molecule has 40 heavy (non-hydrogen) atoms. The lowest BCUT2D eigenvalue weighted by molar-refractivity contribution is -0.139. The highest BCUT2D eigenvalue weighted by molar-refractivity contribution is 7.07. The van der Waals surface area contributed by atoms with Crippen LogP contribution in [-0.2, 0) is 16.1 Å². The van der Waals surface area contributed by atoms with Crippen molar-refractivity contribution in [3.05, 3.63) is 130 Å². The van der Waals surface area contributed by atoms with Crippen LogP contribution in [0.15, 0.2) is 87.8 Å². The van der Waals surface area contributed by atoms with Crippen LogP contribution in [0.4, 0.5) is 4.39 Å². The fraction of sp³-hybridized carbons (Fsp3) is 0.167. The van der Waals surface area contributed by atoms with Gasteiger partial charge in [-0.15, -0.1) is 0 Å². The van der Waals surface area contributed by atoms with Gasteiger partial charge in [-0.2, -0.15) is 0 Å². The van der Waals surface area contributed by atoms with E-state index in [2.05, 4.69) is 4.99 Å². The molecular weight excluding hydrogens is 574 g/mol. The number of esters is 1. The SMILES string of the molecule is CCOC(=O)C1=C(C)N=c2s/c(=C/c3ccc(OCc4ccc(Cl)c(Cl)c4)cc3)c(=O)n2[C@@H]1c1ccc(F)cc1. The molecule has 10 heteroatoms. The minimum Gasteiger partial charge on any atom is -0.489 e. The molecular formula is C30H23Cl2FN2O4S. The van der Waals surface area contributed by atoms with E-state index in [-0.39, 0.29) is 17.7 Å². The first kappa shape index (κ1) is 27.8. The number of allylic oxidation sites excluding steroid dienone is 1. The third-order valence-corrected chi connectivity index (χ3v) is 7.99. The molecule has 1 aromatic heterocycles. The monoisotopic (exact) mass is 596 g/mol. The lowest BCUT2D eigenvalue weighted by Crippen LogP contribution is -2.39. The maximum absolute atomic E-state index is 13.7. The van der Waals surface area contributed by atoms with E-state index in [1.165, 1.54) is 28.0 Å². The van der Waals surface area contributed by atoms with E-state index < -0.39 is 17.8 Å². The molecule has 1 atom stereocenters. The van der Waals surface area contributed by atoms with Crippen molar-refractivity contribution in [3.8, 4) is 5.75 Å². The maximum atomic E-state index is 13.7. The lowest BCUT2D eigenvalue weighted by atomic mass is 9.96. The first-order valence-corrected chi connectivity index (χ1v) is 13.9. The van der Waals surface area contributed by atoms with Crippen LogP contribution in [0.5, 0.6) is 5.75 Å². The molecule has 0 bridgehead atoms. The van der Waals surface area contributed by atoms with Gasteiger partial charge in [-0.25, -0.2) is 14.2 Å². The highest BCUT2D eigenvalue weighted by Crippen LogP contribution is 2.31. The third kappa shape index (κ3) is 5.75. The Morgan fingerprint density at radius 2 is 1.80 bits per heavy atom. The number of thiazole rings is 1. The van der Waals surface area contributed by atoms with Gasteiger partial charge in [-0.1, -0.05) is 64.9 Å². The van der Waals surface area contributed by atoms with Crippen LogP contribution in [-0.4, -0.2) is 17.1 Å². The van der Waals surface area contributed by atoms with Gasteiger partial charge < -0.3 is 9.47 Å². The number of nitrogens with zero attached hydrogens (tertiary/aromatic N) is 2. The quantitative estimate of drug-likeness (QED) is 0.252. The molecule has 0 spiro atoms. The molecule has 204 valence electrons. The summed E-state index contributed by atoms with van der Waals surface area (Å²) in [4.78, 5) is 31.6. The number of fused-ring (bicyclic) bond motifs is 1. The summed E-state index contributed by atoms with van der Waals surface area (Å²) in [5.74, 6) is -0.335. The van der Waals surface area contributed by atoms with E-state index in [1.54, 1.807) is 44.2 Å². The molecule has 0 fully saturated rings. The van der Waals surface area contributed by atoms with Crippen LogP contribution in [0.3, 0.4) is 0 Å². The standard InChI is InChI=1S/C30H23Cl2FN2O4S/c1-3-38-29(37)26-17(2)34-30-35(27(26)20-7-9-21(33)10-8-20)28(36)25(40-30)15-18-4-11-22(12-5-18)39-16-19-6-13-23(31)24(32)14-19/h4-15,27H,3,16H2,1-2H3/b25-15+/t27-/m1/s1. The van der Waals surface area contributed by atoms with Crippen LogP contribution < -0.4 is 19.6 Å². The minimum absolute atomic E-state index is 0.170. The topological polar surface area (TPSA) is 69.9 Å². The molecule has 0 N–H and O–H groups in total. The first-order valence-electron chi connectivity index (χ1n) is 12.4. The Labute approximate surface area is 243 Å². The highest BCUT2D eigenvalue weighted by atomic mass is 35.5.